The highest BCUT2D eigenvalue weighted by Gasteiger charge is 2.19. The highest BCUT2D eigenvalue weighted by Crippen LogP contribution is 2.37. The van der Waals surface area contributed by atoms with Crippen LogP contribution in [0.2, 0.25) is 0 Å². The SMILES string of the molecule is COc1ccc2[nH]c(-c3c(N)n[nH]c3N)c(CCNC(C)=O)c2c1. The van der Waals surface area contributed by atoms with Crippen LogP contribution in [-0.2, 0) is 11.2 Å². The van der Waals surface area contributed by atoms with E-state index in [0.29, 0.717) is 30.2 Å². The third-order valence-corrected chi connectivity index (χ3v) is 3.93. The number of nitrogens with two attached hydrogens (primary N) is 2. The number of aromatic nitrogens is 3. The molecule has 0 unspecified atom stereocenters. The Balaban J connectivity index is 2.14. The van der Waals surface area contributed by atoms with Crippen molar-refractivity contribution in [1.82, 2.24) is 20.5 Å². The van der Waals surface area contributed by atoms with E-state index >= 15 is 0 Å². The van der Waals surface area contributed by atoms with Crippen LogP contribution in [0.4, 0.5) is 11.6 Å². The summed E-state index contributed by atoms with van der Waals surface area (Å²) in [6.45, 7) is 2.00. The fraction of sp³-hybridized carbons (Fsp3) is 0.250. The van der Waals surface area contributed by atoms with Crippen LogP contribution in [0.3, 0.4) is 0 Å². The van der Waals surface area contributed by atoms with E-state index in [1.54, 1.807) is 7.11 Å². The maximum absolute atomic E-state index is 11.2. The zero-order chi connectivity index (χ0) is 17.3. The molecule has 0 radical (unpaired) electrons. The average Bonchev–Trinajstić information content (AvgIpc) is 3.06. The van der Waals surface area contributed by atoms with E-state index in [-0.39, 0.29) is 5.91 Å². The molecule has 0 saturated heterocycles. The number of hydrogen-bond donors (Lipinski definition) is 5. The predicted octanol–water partition coefficient (Wildman–Crippen LogP) is 1.41. The van der Waals surface area contributed by atoms with Crippen molar-refractivity contribution in [3.63, 3.8) is 0 Å². The molecule has 0 aliphatic rings. The Kier molecular flexibility index (Phi) is 4.03. The maximum Gasteiger partial charge on any atom is 0.216 e. The Labute approximate surface area is 138 Å². The van der Waals surface area contributed by atoms with Gasteiger partial charge in [-0.25, -0.2) is 0 Å². The first-order valence-corrected chi connectivity index (χ1v) is 7.54. The highest BCUT2D eigenvalue weighted by atomic mass is 16.5. The molecule has 0 atom stereocenters. The number of aromatic amines is 2. The van der Waals surface area contributed by atoms with E-state index in [1.165, 1.54) is 6.92 Å². The van der Waals surface area contributed by atoms with Crippen molar-refractivity contribution in [3.05, 3.63) is 23.8 Å². The van der Waals surface area contributed by atoms with Gasteiger partial charge >= 0.3 is 0 Å². The Morgan fingerprint density at radius 3 is 2.79 bits per heavy atom. The number of carbonyl (C=O) groups excluding carboxylic acids is 1. The molecule has 3 rings (SSSR count). The van der Waals surface area contributed by atoms with Gasteiger partial charge in [0.05, 0.1) is 18.4 Å². The van der Waals surface area contributed by atoms with Gasteiger partial charge in [0.1, 0.15) is 11.6 Å². The van der Waals surface area contributed by atoms with Crippen molar-refractivity contribution in [2.75, 3.05) is 25.1 Å². The highest BCUT2D eigenvalue weighted by molar-refractivity contribution is 5.95. The van der Waals surface area contributed by atoms with Crippen molar-refractivity contribution in [2.24, 2.45) is 0 Å². The topological polar surface area (TPSA) is 135 Å². The van der Waals surface area contributed by atoms with Crippen LogP contribution < -0.4 is 21.5 Å². The molecule has 0 fully saturated rings. The van der Waals surface area contributed by atoms with Crippen molar-refractivity contribution >= 4 is 28.4 Å². The van der Waals surface area contributed by atoms with Crippen LogP contribution >= 0.6 is 0 Å². The number of benzene rings is 1. The quantitative estimate of drug-likeness (QED) is 0.482. The van der Waals surface area contributed by atoms with E-state index in [9.17, 15) is 4.79 Å². The van der Waals surface area contributed by atoms with E-state index < -0.39 is 0 Å². The van der Waals surface area contributed by atoms with Crippen molar-refractivity contribution in [1.29, 1.82) is 0 Å². The standard InChI is InChI=1S/C16H20N6O2/c1-8(23)19-6-5-10-11-7-9(24-2)3-4-12(11)20-14(10)13-15(17)21-22-16(13)18/h3-4,7,20H,5-6H2,1-2H3,(H,19,23)(H5,17,18,21,22). The predicted molar refractivity (Wildman–Crippen MR) is 93.6 cm³/mol. The fourth-order valence-corrected chi connectivity index (χ4v) is 2.82. The van der Waals surface area contributed by atoms with Crippen LogP contribution in [0.15, 0.2) is 18.2 Å². The molecule has 2 heterocycles. The molecule has 8 heteroatoms. The number of hydrogen-bond acceptors (Lipinski definition) is 5. The van der Waals surface area contributed by atoms with Crippen LogP contribution in [0, 0.1) is 0 Å². The molecule has 126 valence electrons. The molecule has 0 aliphatic heterocycles. The minimum Gasteiger partial charge on any atom is -0.497 e. The summed E-state index contributed by atoms with van der Waals surface area (Å²) in [6, 6.07) is 5.76. The van der Waals surface area contributed by atoms with Crippen LogP contribution in [0.5, 0.6) is 5.75 Å². The number of H-pyrrole nitrogens is 2. The van der Waals surface area contributed by atoms with Gasteiger partial charge < -0.3 is 26.5 Å². The summed E-state index contributed by atoms with van der Waals surface area (Å²) in [5.41, 5.74) is 15.3. The van der Waals surface area contributed by atoms with Gasteiger partial charge in [-0.3, -0.25) is 9.89 Å². The molecule has 0 spiro atoms. The summed E-state index contributed by atoms with van der Waals surface area (Å²) in [6.07, 6.45) is 0.617. The number of ether oxygens (including phenoxy) is 1. The molecule has 0 saturated carbocycles. The second-order valence-electron chi connectivity index (χ2n) is 5.52. The second-order valence-corrected chi connectivity index (χ2v) is 5.52. The summed E-state index contributed by atoms with van der Waals surface area (Å²) < 4.78 is 5.32. The third-order valence-electron chi connectivity index (χ3n) is 3.93. The number of nitrogens with one attached hydrogen (secondary N) is 3. The number of amides is 1. The van der Waals surface area contributed by atoms with Crippen LogP contribution in [0.1, 0.15) is 12.5 Å². The molecule has 8 nitrogen and oxygen atoms in total. The first kappa shape index (κ1) is 15.7. The normalized spacial score (nSPS) is 10.9. The molecule has 7 N–H and O–H groups in total. The van der Waals surface area contributed by atoms with E-state index in [1.807, 2.05) is 18.2 Å². The lowest BCUT2D eigenvalue weighted by molar-refractivity contribution is -0.118. The Hall–Kier alpha value is -3.16. The van der Waals surface area contributed by atoms with Gasteiger partial charge in [0.15, 0.2) is 5.82 Å². The molecule has 1 aromatic carbocycles. The lowest BCUT2D eigenvalue weighted by atomic mass is 10.0. The Morgan fingerprint density at radius 1 is 1.38 bits per heavy atom. The van der Waals surface area contributed by atoms with Crippen molar-refractivity contribution in [2.45, 2.75) is 13.3 Å². The van der Waals surface area contributed by atoms with E-state index in [4.69, 9.17) is 16.2 Å². The number of fused-ring (bicyclic) bond motifs is 1. The van der Waals surface area contributed by atoms with Crippen LogP contribution in [-0.4, -0.2) is 34.7 Å². The lowest BCUT2D eigenvalue weighted by Gasteiger charge is -2.06. The minimum absolute atomic E-state index is 0.0729. The second kappa shape index (κ2) is 6.15. The monoisotopic (exact) mass is 328 g/mol. The number of methoxy groups -OCH3 is 1. The summed E-state index contributed by atoms with van der Waals surface area (Å²) in [5, 5.41) is 10.5. The van der Waals surface area contributed by atoms with Crippen molar-refractivity contribution in [3.8, 4) is 17.0 Å². The zero-order valence-corrected chi connectivity index (χ0v) is 13.6. The van der Waals surface area contributed by atoms with Gasteiger partial charge in [-0.2, -0.15) is 5.10 Å². The number of rotatable bonds is 5. The van der Waals surface area contributed by atoms with Gasteiger partial charge in [0.2, 0.25) is 5.91 Å². The number of carbonyl (C=O) groups is 1. The van der Waals surface area contributed by atoms with Gasteiger partial charge in [-0.1, -0.05) is 0 Å². The number of anilines is 2. The largest absolute Gasteiger partial charge is 0.497 e. The van der Waals surface area contributed by atoms with Gasteiger partial charge in [0, 0.05) is 24.4 Å². The number of nitrogen functional groups attached to an aromatic ring is 2. The first-order chi connectivity index (χ1) is 11.5. The minimum atomic E-state index is -0.0729. The molecule has 0 bridgehead atoms. The van der Waals surface area contributed by atoms with Crippen molar-refractivity contribution < 1.29 is 9.53 Å². The first-order valence-electron chi connectivity index (χ1n) is 7.54. The van der Waals surface area contributed by atoms with Gasteiger partial charge in [-0.15, -0.1) is 0 Å². The summed E-state index contributed by atoms with van der Waals surface area (Å²) in [4.78, 5) is 14.5. The lowest BCUT2D eigenvalue weighted by Crippen LogP contribution is -2.22. The van der Waals surface area contributed by atoms with Gasteiger partial charge in [0.25, 0.3) is 0 Å². The molecule has 0 aliphatic carbocycles. The zero-order valence-electron chi connectivity index (χ0n) is 13.6. The summed E-state index contributed by atoms with van der Waals surface area (Å²) >= 11 is 0. The number of nitrogens with zero attached hydrogens (tertiary/aromatic N) is 1. The van der Waals surface area contributed by atoms with Crippen LogP contribution in [0.25, 0.3) is 22.2 Å². The fourth-order valence-electron chi connectivity index (χ4n) is 2.82. The van der Waals surface area contributed by atoms with E-state index in [2.05, 4.69) is 20.5 Å². The summed E-state index contributed by atoms with van der Waals surface area (Å²) in [7, 11) is 1.62. The third kappa shape index (κ3) is 2.73. The Bertz CT molecular complexity index is 876. The molecular weight excluding hydrogens is 308 g/mol. The maximum atomic E-state index is 11.2. The average molecular weight is 328 g/mol. The molecule has 24 heavy (non-hydrogen) atoms. The molecule has 2 aromatic heterocycles. The Morgan fingerprint density at radius 2 is 2.17 bits per heavy atom. The van der Waals surface area contributed by atoms with E-state index in [0.717, 1.165) is 27.9 Å². The molecule has 3 aromatic rings. The summed E-state index contributed by atoms with van der Waals surface area (Å²) in [5.74, 6) is 1.40. The molecular formula is C16H20N6O2. The molecule has 1 amide bonds. The van der Waals surface area contributed by atoms with Gasteiger partial charge in [-0.05, 0) is 30.2 Å². The smallest absolute Gasteiger partial charge is 0.216 e.